The second-order valence-corrected chi connectivity index (χ2v) is 12.6. The number of nitrogens with one attached hydrogen (secondary N) is 2. The van der Waals surface area contributed by atoms with Gasteiger partial charge < -0.3 is 39.9 Å². The first-order valence-corrected chi connectivity index (χ1v) is 16.6. The van der Waals surface area contributed by atoms with Crippen molar-refractivity contribution in [2.24, 2.45) is 0 Å². The Morgan fingerprint density at radius 3 is 2.54 bits per heavy atom. The number of carbonyl (C=O) groups is 3. The van der Waals surface area contributed by atoms with Gasteiger partial charge in [0, 0.05) is 56.5 Å². The zero-order chi connectivity index (χ0) is 34.2. The molecule has 0 spiro atoms. The minimum absolute atomic E-state index is 0.0233. The van der Waals surface area contributed by atoms with Gasteiger partial charge >= 0.3 is 0 Å². The molecule has 0 aliphatic carbocycles. The van der Waals surface area contributed by atoms with Crippen LogP contribution in [-0.2, 0) is 11.2 Å². The average molecular weight is 658 g/mol. The molecule has 3 aromatic rings. The molecule has 5 rings (SSSR count). The van der Waals surface area contributed by atoms with Crippen molar-refractivity contribution in [2.75, 3.05) is 76.1 Å². The number of aryl methyl sites for hydroxylation is 1. The lowest BCUT2D eigenvalue weighted by Gasteiger charge is -2.32. The Hall–Kier alpha value is -4.61. The number of hydrogen-bond acceptors (Lipinski definition) is 8. The standard InChI is InChI=1S/C37H47N5O6/c1-25-12-15-32(34(21-25)48-20-7-5-6-11-35(44)42-18-16-40(2)17-19-42)41(3)37(46)26-13-14-31(33(22-26)47-4)39-36(45)28-9-8-10-30-29(28)23-27(24-43)38-30/h8-10,12-15,21-22,27,38,43H,5-7,11,16-20,23-24H2,1-4H3,(H,39,45). The molecular formula is C37H47N5O6. The molecule has 3 N–H and O–H groups in total. The van der Waals surface area contributed by atoms with Crippen LogP contribution in [0.5, 0.6) is 11.5 Å². The number of carbonyl (C=O) groups excluding carboxylic acids is 3. The molecule has 256 valence electrons. The van der Waals surface area contributed by atoms with Crippen LogP contribution in [0.3, 0.4) is 0 Å². The van der Waals surface area contributed by atoms with Crippen LogP contribution in [-0.4, -0.2) is 99.3 Å². The first-order valence-electron chi connectivity index (χ1n) is 16.6. The van der Waals surface area contributed by atoms with Crippen molar-refractivity contribution in [2.45, 2.75) is 45.1 Å². The van der Waals surface area contributed by atoms with Gasteiger partial charge in [-0.05, 0) is 93.2 Å². The smallest absolute Gasteiger partial charge is 0.258 e. The summed E-state index contributed by atoms with van der Waals surface area (Å²) in [5.74, 6) is 0.636. The molecule has 3 amide bonds. The fraction of sp³-hybridized carbons (Fsp3) is 0.432. The lowest BCUT2D eigenvalue weighted by atomic mass is 10.0. The molecule has 2 aliphatic heterocycles. The highest BCUT2D eigenvalue weighted by molar-refractivity contribution is 6.09. The molecule has 1 atom stereocenters. The summed E-state index contributed by atoms with van der Waals surface area (Å²) < 4.78 is 11.8. The van der Waals surface area contributed by atoms with Crippen LogP contribution in [0, 0.1) is 6.92 Å². The third-order valence-electron chi connectivity index (χ3n) is 9.08. The Morgan fingerprint density at radius 2 is 1.79 bits per heavy atom. The fourth-order valence-corrected chi connectivity index (χ4v) is 6.17. The van der Waals surface area contributed by atoms with Crippen molar-refractivity contribution >= 4 is 34.8 Å². The number of anilines is 3. The lowest BCUT2D eigenvalue weighted by molar-refractivity contribution is -0.132. The van der Waals surface area contributed by atoms with E-state index >= 15 is 0 Å². The molecule has 1 unspecified atom stereocenters. The Labute approximate surface area is 282 Å². The van der Waals surface area contributed by atoms with Crippen molar-refractivity contribution in [3.8, 4) is 11.5 Å². The van der Waals surface area contributed by atoms with E-state index in [4.69, 9.17) is 9.47 Å². The molecule has 0 saturated carbocycles. The van der Waals surface area contributed by atoms with Crippen LogP contribution in [0.1, 0.15) is 57.5 Å². The van der Waals surface area contributed by atoms with Crippen molar-refractivity contribution in [1.82, 2.24) is 9.80 Å². The van der Waals surface area contributed by atoms with Gasteiger partial charge in [-0.25, -0.2) is 0 Å². The topological polar surface area (TPSA) is 124 Å². The molecule has 0 aromatic heterocycles. The number of unbranched alkanes of at least 4 members (excludes halogenated alkanes) is 2. The Bertz CT molecular complexity index is 1620. The number of rotatable bonds is 13. The summed E-state index contributed by atoms with van der Waals surface area (Å²) in [5.41, 5.74) is 4.69. The number of piperazine rings is 1. The Balaban J connectivity index is 1.18. The molecular weight excluding hydrogens is 610 g/mol. The number of aliphatic hydroxyl groups excluding tert-OH is 1. The summed E-state index contributed by atoms with van der Waals surface area (Å²) >= 11 is 0. The molecule has 0 radical (unpaired) electrons. The number of nitrogens with zero attached hydrogens (tertiary/aromatic N) is 3. The van der Waals surface area contributed by atoms with Gasteiger partial charge in [-0.15, -0.1) is 0 Å². The highest BCUT2D eigenvalue weighted by Gasteiger charge is 2.26. The maximum absolute atomic E-state index is 13.7. The van der Waals surface area contributed by atoms with Gasteiger partial charge in [0.25, 0.3) is 11.8 Å². The molecule has 2 heterocycles. The second kappa shape index (κ2) is 16.0. The van der Waals surface area contributed by atoms with Crippen LogP contribution >= 0.6 is 0 Å². The summed E-state index contributed by atoms with van der Waals surface area (Å²) in [5, 5.41) is 15.7. The van der Waals surface area contributed by atoms with E-state index in [0.717, 1.165) is 62.3 Å². The van der Waals surface area contributed by atoms with Gasteiger partial charge in [0.15, 0.2) is 0 Å². The number of ether oxygens (including phenoxy) is 2. The van der Waals surface area contributed by atoms with Crippen molar-refractivity contribution in [1.29, 1.82) is 0 Å². The van der Waals surface area contributed by atoms with Gasteiger partial charge in [0.2, 0.25) is 5.91 Å². The predicted octanol–water partition coefficient (Wildman–Crippen LogP) is 4.57. The van der Waals surface area contributed by atoms with E-state index in [2.05, 4.69) is 22.6 Å². The Morgan fingerprint density at radius 1 is 1.00 bits per heavy atom. The van der Waals surface area contributed by atoms with Crippen LogP contribution in [0.25, 0.3) is 0 Å². The summed E-state index contributed by atoms with van der Waals surface area (Å²) in [6.45, 7) is 5.88. The average Bonchev–Trinajstić information content (AvgIpc) is 3.53. The number of methoxy groups -OCH3 is 1. The third-order valence-corrected chi connectivity index (χ3v) is 9.08. The molecule has 48 heavy (non-hydrogen) atoms. The van der Waals surface area contributed by atoms with Crippen molar-refractivity contribution < 1.29 is 29.0 Å². The largest absolute Gasteiger partial charge is 0.495 e. The molecule has 2 aliphatic rings. The van der Waals surface area contributed by atoms with E-state index in [0.29, 0.717) is 53.4 Å². The summed E-state index contributed by atoms with van der Waals surface area (Å²) in [7, 11) is 5.28. The minimum atomic E-state index is -0.301. The SMILES string of the molecule is COc1cc(C(=O)N(C)c2ccc(C)cc2OCCCCCC(=O)N2CCN(C)CC2)ccc1NC(=O)c1cccc2c1CC(CO)N2. The molecule has 1 fully saturated rings. The van der Waals surface area contributed by atoms with Crippen LogP contribution in [0.2, 0.25) is 0 Å². The van der Waals surface area contributed by atoms with E-state index in [1.807, 2.05) is 36.1 Å². The fourth-order valence-electron chi connectivity index (χ4n) is 6.17. The second-order valence-electron chi connectivity index (χ2n) is 12.6. The van der Waals surface area contributed by atoms with E-state index in [9.17, 15) is 19.5 Å². The maximum Gasteiger partial charge on any atom is 0.258 e. The number of benzene rings is 3. The van der Waals surface area contributed by atoms with E-state index in [1.54, 1.807) is 42.3 Å². The number of likely N-dealkylation sites (N-methyl/N-ethyl adjacent to an activating group) is 1. The van der Waals surface area contributed by atoms with Gasteiger partial charge in [0.1, 0.15) is 11.5 Å². The first-order chi connectivity index (χ1) is 23.2. The van der Waals surface area contributed by atoms with Gasteiger partial charge in [-0.1, -0.05) is 12.1 Å². The normalized spacial score (nSPS) is 15.8. The minimum Gasteiger partial charge on any atom is -0.495 e. The van der Waals surface area contributed by atoms with E-state index in [1.165, 1.54) is 7.11 Å². The monoisotopic (exact) mass is 657 g/mol. The highest BCUT2D eigenvalue weighted by atomic mass is 16.5. The van der Waals surface area contributed by atoms with Crippen molar-refractivity contribution in [3.63, 3.8) is 0 Å². The molecule has 0 bridgehead atoms. The summed E-state index contributed by atoms with van der Waals surface area (Å²) in [6.07, 6.45) is 3.61. The molecule has 1 saturated heterocycles. The predicted molar refractivity (Wildman–Crippen MR) is 188 cm³/mol. The maximum atomic E-state index is 13.7. The van der Waals surface area contributed by atoms with Crippen LogP contribution in [0.15, 0.2) is 54.6 Å². The molecule has 3 aromatic carbocycles. The summed E-state index contributed by atoms with van der Waals surface area (Å²) in [4.78, 5) is 45.3. The van der Waals surface area contributed by atoms with Gasteiger partial charge in [0.05, 0.1) is 37.7 Å². The van der Waals surface area contributed by atoms with E-state index in [-0.39, 0.29) is 30.4 Å². The lowest BCUT2D eigenvalue weighted by Crippen LogP contribution is -2.47. The Kier molecular flexibility index (Phi) is 11.6. The van der Waals surface area contributed by atoms with Crippen molar-refractivity contribution in [3.05, 3.63) is 76.9 Å². The summed E-state index contributed by atoms with van der Waals surface area (Å²) in [6, 6.07) is 16.0. The number of fused-ring (bicyclic) bond motifs is 1. The van der Waals surface area contributed by atoms with Crippen LogP contribution in [0.4, 0.5) is 17.1 Å². The van der Waals surface area contributed by atoms with Gasteiger partial charge in [-0.2, -0.15) is 0 Å². The van der Waals surface area contributed by atoms with E-state index < -0.39 is 0 Å². The highest BCUT2D eigenvalue weighted by Crippen LogP contribution is 2.33. The molecule has 11 nitrogen and oxygen atoms in total. The van der Waals surface area contributed by atoms with Gasteiger partial charge in [-0.3, -0.25) is 14.4 Å². The third kappa shape index (κ3) is 8.26. The molecule has 11 heteroatoms. The number of hydrogen-bond donors (Lipinski definition) is 3. The quantitative estimate of drug-likeness (QED) is 0.229. The van der Waals surface area contributed by atoms with Crippen LogP contribution < -0.4 is 25.0 Å². The number of amides is 3. The first kappa shape index (κ1) is 34.7. The zero-order valence-electron chi connectivity index (χ0n) is 28.4. The zero-order valence-corrected chi connectivity index (χ0v) is 28.4. The number of aliphatic hydroxyl groups is 1.